The van der Waals surface area contributed by atoms with E-state index < -0.39 is 0 Å². The maximum Gasteiger partial charge on any atom is 0.175 e. The summed E-state index contributed by atoms with van der Waals surface area (Å²) in [4.78, 5) is 1.20. The van der Waals surface area contributed by atoms with Crippen molar-refractivity contribution in [2.75, 3.05) is 13.2 Å². The molecule has 1 unspecified atom stereocenters. The van der Waals surface area contributed by atoms with Crippen molar-refractivity contribution >= 4 is 27.3 Å². The molecule has 4 nitrogen and oxygen atoms in total. The molecule has 1 atom stereocenters. The molecule has 0 saturated carbocycles. The molecule has 1 aliphatic rings. The summed E-state index contributed by atoms with van der Waals surface area (Å²) in [5.74, 6) is 1.39. The van der Waals surface area contributed by atoms with E-state index in [0.29, 0.717) is 31.3 Å². The van der Waals surface area contributed by atoms with Gasteiger partial charge in [-0.05, 0) is 45.1 Å². The average Bonchev–Trinajstić information content (AvgIpc) is 3.01. The number of ether oxygens (including phenoxy) is 2. The average molecular weight is 365 g/mol. The van der Waals surface area contributed by atoms with Crippen LogP contribution in [0.25, 0.3) is 0 Å². The summed E-state index contributed by atoms with van der Waals surface area (Å²) < 4.78 is 12.0. The number of halogens is 1. The van der Waals surface area contributed by atoms with Crippen molar-refractivity contribution < 1.29 is 9.47 Å². The SMILES string of the molecule is N#CC(NCc1cccs1)c1cc(Br)c2c(c1)OCCO2. The molecular formula is C15H13BrN2O2S. The number of rotatable bonds is 4. The van der Waals surface area contributed by atoms with Crippen molar-refractivity contribution in [3.05, 3.63) is 44.6 Å². The zero-order chi connectivity index (χ0) is 14.7. The minimum atomic E-state index is -0.390. The van der Waals surface area contributed by atoms with E-state index in [-0.39, 0.29) is 6.04 Å². The maximum atomic E-state index is 9.41. The Bertz CT molecular complexity index is 667. The van der Waals surface area contributed by atoms with Gasteiger partial charge in [-0.15, -0.1) is 11.3 Å². The molecule has 6 heteroatoms. The monoisotopic (exact) mass is 364 g/mol. The van der Waals surface area contributed by atoms with E-state index in [0.717, 1.165) is 10.0 Å². The molecule has 1 aliphatic heterocycles. The Morgan fingerprint density at radius 1 is 1.38 bits per heavy atom. The van der Waals surface area contributed by atoms with Gasteiger partial charge in [0.1, 0.15) is 19.3 Å². The number of hydrogen-bond acceptors (Lipinski definition) is 5. The molecule has 1 aromatic carbocycles. The van der Waals surface area contributed by atoms with Crippen molar-refractivity contribution in [1.29, 1.82) is 5.26 Å². The van der Waals surface area contributed by atoms with Crippen LogP contribution in [0, 0.1) is 11.3 Å². The molecule has 21 heavy (non-hydrogen) atoms. The van der Waals surface area contributed by atoms with Crippen LogP contribution in [0.1, 0.15) is 16.5 Å². The van der Waals surface area contributed by atoms with Crippen molar-refractivity contribution in [2.45, 2.75) is 12.6 Å². The van der Waals surface area contributed by atoms with Crippen LogP contribution in [0.4, 0.5) is 0 Å². The van der Waals surface area contributed by atoms with Gasteiger partial charge in [0, 0.05) is 11.4 Å². The highest BCUT2D eigenvalue weighted by Gasteiger charge is 2.20. The van der Waals surface area contributed by atoms with E-state index in [1.54, 1.807) is 11.3 Å². The van der Waals surface area contributed by atoms with E-state index >= 15 is 0 Å². The summed E-state index contributed by atoms with van der Waals surface area (Å²) in [6, 6.07) is 9.73. The first-order valence-corrected chi connectivity index (χ1v) is 8.19. The number of nitriles is 1. The fourth-order valence-corrected chi connectivity index (χ4v) is 3.38. The number of benzene rings is 1. The first-order valence-electron chi connectivity index (χ1n) is 6.52. The predicted molar refractivity (Wildman–Crippen MR) is 84.6 cm³/mol. The smallest absolute Gasteiger partial charge is 0.175 e. The molecule has 0 bridgehead atoms. The van der Waals surface area contributed by atoms with E-state index in [9.17, 15) is 5.26 Å². The molecule has 0 spiro atoms. The molecule has 1 N–H and O–H groups in total. The van der Waals surface area contributed by atoms with Crippen LogP contribution in [0.2, 0.25) is 0 Å². The minimum Gasteiger partial charge on any atom is -0.486 e. The number of fused-ring (bicyclic) bond motifs is 1. The molecule has 1 aromatic heterocycles. The Hall–Kier alpha value is -1.55. The van der Waals surface area contributed by atoms with E-state index in [4.69, 9.17) is 9.47 Å². The highest BCUT2D eigenvalue weighted by atomic mass is 79.9. The van der Waals surface area contributed by atoms with Gasteiger partial charge in [0.2, 0.25) is 0 Å². The van der Waals surface area contributed by atoms with E-state index in [2.05, 4.69) is 27.3 Å². The lowest BCUT2D eigenvalue weighted by molar-refractivity contribution is 0.170. The van der Waals surface area contributed by atoms with Crippen LogP contribution in [0.3, 0.4) is 0 Å². The minimum absolute atomic E-state index is 0.390. The fourth-order valence-electron chi connectivity index (χ4n) is 2.15. The first-order chi connectivity index (χ1) is 10.3. The van der Waals surface area contributed by atoms with Crippen LogP contribution >= 0.6 is 27.3 Å². The van der Waals surface area contributed by atoms with Crippen LogP contribution in [-0.4, -0.2) is 13.2 Å². The molecule has 108 valence electrons. The van der Waals surface area contributed by atoms with Crippen LogP contribution in [-0.2, 0) is 6.54 Å². The molecule has 0 aliphatic carbocycles. The van der Waals surface area contributed by atoms with Gasteiger partial charge < -0.3 is 9.47 Å². The molecule has 0 amide bonds. The topological polar surface area (TPSA) is 54.3 Å². The van der Waals surface area contributed by atoms with Crippen LogP contribution < -0.4 is 14.8 Å². The lowest BCUT2D eigenvalue weighted by atomic mass is 10.1. The zero-order valence-electron chi connectivity index (χ0n) is 11.1. The molecular weight excluding hydrogens is 352 g/mol. The maximum absolute atomic E-state index is 9.41. The van der Waals surface area contributed by atoms with Gasteiger partial charge >= 0.3 is 0 Å². The summed E-state index contributed by atoms with van der Waals surface area (Å²) in [5, 5.41) is 14.7. The molecule has 3 rings (SSSR count). The van der Waals surface area contributed by atoms with Gasteiger partial charge in [0.05, 0.1) is 10.5 Å². The van der Waals surface area contributed by atoms with Gasteiger partial charge in [-0.3, -0.25) is 5.32 Å². The Morgan fingerprint density at radius 3 is 3.00 bits per heavy atom. The quantitative estimate of drug-likeness (QED) is 0.899. The molecule has 0 fully saturated rings. The van der Waals surface area contributed by atoms with Crippen LogP contribution in [0.15, 0.2) is 34.1 Å². The van der Waals surface area contributed by atoms with Crippen LogP contribution in [0.5, 0.6) is 11.5 Å². The van der Waals surface area contributed by atoms with Crippen molar-refractivity contribution in [2.24, 2.45) is 0 Å². The van der Waals surface area contributed by atoms with Crippen molar-refractivity contribution in [3.8, 4) is 17.6 Å². The third-order valence-corrected chi connectivity index (χ3v) is 4.61. The van der Waals surface area contributed by atoms with E-state index in [1.807, 2.05) is 29.6 Å². The Morgan fingerprint density at radius 2 is 2.24 bits per heavy atom. The normalized spacial score (nSPS) is 14.5. The lowest BCUT2D eigenvalue weighted by Gasteiger charge is -2.21. The third kappa shape index (κ3) is 3.21. The summed E-state index contributed by atoms with van der Waals surface area (Å²) in [7, 11) is 0. The summed E-state index contributed by atoms with van der Waals surface area (Å²) in [6.45, 7) is 1.74. The van der Waals surface area contributed by atoms with Crippen molar-refractivity contribution in [3.63, 3.8) is 0 Å². The summed E-state index contributed by atoms with van der Waals surface area (Å²) in [6.07, 6.45) is 0. The summed E-state index contributed by atoms with van der Waals surface area (Å²) in [5.41, 5.74) is 0.866. The largest absolute Gasteiger partial charge is 0.486 e. The Labute approximate surface area is 135 Å². The fraction of sp³-hybridized carbons (Fsp3) is 0.267. The standard InChI is InChI=1S/C15H13BrN2O2S/c16-12-6-10(7-14-15(12)20-4-3-19-14)13(8-17)18-9-11-2-1-5-21-11/h1-2,5-7,13,18H,3-4,9H2. The molecule has 0 saturated heterocycles. The number of nitrogens with one attached hydrogen (secondary N) is 1. The van der Waals surface area contributed by atoms with Gasteiger partial charge in [-0.25, -0.2) is 0 Å². The third-order valence-electron chi connectivity index (χ3n) is 3.14. The number of nitrogens with zero attached hydrogens (tertiary/aromatic N) is 1. The second kappa shape index (κ2) is 6.48. The number of thiophene rings is 1. The predicted octanol–water partition coefficient (Wildman–Crippen LogP) is 3.64. The van der Waals surface area contributed by atoms with Gasteiger partial charge in [-0.1, -0.05) is 6.07 Å². The van der Waals surface area contributed by atoms with Gasteiger partial charge in [-0.2, -0.15) is 5.26 Å². The van der Waals surface area contributed by atoms with Gasteiger partial charge in [0.25, 0.3) is 0 Å². The highest BCUT2D eigenvalue weighted by molar-refractivity contribution is 9.10. The molecule has 2 heterocycles. The number of hydrogen-bond donors (Lipinski definition) is 1. The Balaban J connectivity index is 1.80. The first kappa shape index (κ1) is 14.4. The Kier molecular flexibility index (Phi) is 4.44. The van der Waals surface area contributed by atoms with E-state index in [1.165, 1.54) is 4.88 Å². The molecule has 2 aromatic rings. The van der Waals surface area contributed by atoms with Gasteiger partial charge in [0.15, 0.2) is 11.5 Å². The molecule has 0 radical (unpaired) electrons. The highest BCUT2D eigenvalue weighted by Crippen LogP contribution is 2.39. The lowest BCUT2D eigenvalue weighted by Crippen LogP contribution is -2.20. The summed E-state index contributed by atoms with van der Waals surface area (Å²) >= 11 is 5.15. The second-order valence-corrected chi connectivity index (χ2v) is 6.44. The zero-order valence-corrected chi connectivity index (χ0v) is 13.5. The van der Waals surface area contributed by atoms with Crippen molar-refractivity contribution in [1.82, 2.24) is 5.32 Å². The second-order valence-electron chi connectivity index (χ2n) is 4.55.